The van der Waals surface area contributed by atoms with E-state index in [0.717, 1.165) is 0 Å². The van der Waals surface area contributed by atoms with E-state index in [4.69, 9.17) is 16.3 Å². The van der Waals surface area contributed by atoms with Crippen molar-refractivity contribution >= 4 is 17.5 Å². The Morgan fingerprint density at radius 3 is 2.89 bits per heavy atom. The van der Waals surface area contributed by atoms with E-state index in [0.29, 0.717) is 17.2 Å². The van der Waals surface area contributed by atoms with Gasteiger partial charge in [0.25, 0.3) is 5.91 Å². The summed E-state index contributed by atoms with van der Waals surface area (Å²) in [4.78, 5) is 11.7. The number of aliphatic hydroxyl groups is 1. The van der Waals surface area contributed by atoms with Gasteiger partial charge >= 0.3 is 0 Å². The molecule has 0 radical (unpaired) electrons. The molecule has 4 nitrogen and oxygen atoms in total. The number of carbonyl (C=O) groups is 1. The summed E-state index contributed by atoms with van der Waals surface area (Å²) in [5.74, 6) is 0.281. The summed E-state index contributed by atoms with van der Waals surface area (Å²) in [7, 11) is 0. The summed E-state index contributed by atoms with van der Waals surface area (Å²) in [6, 6.07) is 6.86. The fraction of sp³-hybridized carbons (Fsp3) is 0.462. The van der Waals surface area contributed by atoms with Crippen LogP contribution in [0.4, 0.5) is 0 Å². The van der Waals surface area contributed by atoms with Gasteiger partial charge in [-0.2, -0.15) is 0 Å². The number of rotatable bonds is 6. The van der Waals surface area contributed by atoms with E-state index in [1.54, 1.807) is 31.2 Å². The fourth-order valence-electron chi connectivity index (χ4n) is 1.30. The molecule has 0 fully saturated rings. The standard InChI is InChI=1S/C13H18ClNO3/c1-3-11(16)8-15-13(17)9(2)18-12-6-4-5-10(14)7-12/h4-7,9,11,16H,3,8H2,1-2H3,(H,15,17). The Morgan fingerprint density at radius 1 is 1.56 bits per heavy atom. The minimum Gasteiger partial charge on any atom is -0.481 e. The van der Waals surface area contributed by atoms with E-state index in [2.05, 4.69) is 5.32 Å². The lowest BCUT2D eigenvalue weighted by Gasteiger charge is -2.16. The van der Waals surface area contributed by atoms with Crippen LogP contribution in [0.1, 0.15) is 20.3 Å². The first-order chi connectivity index (χ1) is 8.52. The minimum atomic E-state index is -0.632. The van der Waals surface area contributed by atoms with Crippen molar-refractivity contribution < 1.29 is 14.6 Å². The van der Waals surface area contributed by atoms with E-state index < -0.39 is 12.2 Å². The van der Waals surface area contributed by atoms with Crippen LogP contribution in [-0.4, -0.2) is 29.8 Å². The van der Waals surface area contributed by atoms with E-state index in [-0.39, 0.29) is 12.5 Å². The average molecular weight is 272 g/mol. The Balaban J connectivity index is 2.45. The zero-order chi connectivity index (χ0) is 13.5. The highest BCUT2D eigenvalue weighted by molar-refractivity contribution is 6.30. The molecule has 0 aliphatic carbocycles. The second-order valence-electron chi connectivity index (χ2n) is 4.02. The number of hydrogen-bond donors (Lipinski definition) is 2. The molecule has 2 unspecified atom stereocenters. The number of ether oxygens (including phenoxy) is 1. The van der Waals surface area contributed by atoms with Crippen LogP contribution in [0.15, 0.2) is 24.3 Å². The second-order valence-corrected chi connectivity index (χ2v) is 4.46. The summed E-state index contributed by atoms with van der Waals surface area (Å²) in [6.45, 7) is 3.73. The Bertz CT molecular complexity index is 398. The molecule has 0 heterocycles. The normalized spacial score (nSPS) is 13.8. The van der Waals surface area contributed by atoms with Gasteiger partial charge in [-0.3, -0.25) is 4.79 Å². The maximum absolute atomic E-state index is 11.7. The number of nitrogens with one attached hydrogen (secondary N) is 1. The van der Waals surface area contributed by atoms with Crippen molar-refractivity contribution in [3.05, 3.63) is 29.3 Å². The van der Waals surface area contributed by atoms with Crippen molar-refractivity contribution in [2.45, 2.75) is 32.5 Å². The Labute approximate surface area is 112 Å². The zero-order valence-corrected chi connectivity index (χ0v) is 11.3. The van der Waals surface area contributed by atoms with Crippen LogP contribution in [-0.2, 0) is 4.79 Å². The average Bonchev–Trinajstić information content (AvgIpc) is 2.35. The molecule has 18 heavy (non-hydrogen) atoms. The van der Waals surface area contributed by atoms with Crippen molar-refractivity contribution in [3.63, 3.8) is 0 Å². The number of halogens is 1. The lowest BCUT2D eigenvalue weighted by Crippen LogP contribution is -2.40. The Hall–Kier alpha value is -1.26. The lowest BCUT2D eigenvalue weighted by molar-refractivity contribution is -0.127. The first-order valence-electron chi connectivity index (χ1n) is 5.91. The highest BCUT2D eigenvalue weighted by atomic mass is 35.5. The van der Waals surface area contributed by atoms with E-state index in [1.807, 2.05) is 6.92 Å². The van der Waals surface area contributed by atoms with Crippen LogP contribution >= 0.6 is 11.6 Å². The fourth-order valence-corrected chi connectivity index (χ4v) is 1.48. The maximum atomic E-state index is 11.7. The molecule has 0 saturated carbocycles. The van der Waals surface area contributed by atoms with Gasteiger partial charge in [-0.15, -0.1) is 0 Å². The van der Waals surface area contributed by atoms with Gasteiger partial charge in [-0.1, -0.05) is 24.6 Å². The summed E-state index contributed by atoms with van der Waals surface area (Å²) < 4.78 is 5.44. The van der Waals surface area contributed by atoms with Crippen LogP contribution in [0.25, 0.3) is 0 Å². The smallest absolute Gasteiger partial charge is 0.260 e. The summed E-state index contributed by atoms with van der Waals surface area (Å²) >= 11 is 5.82. The number of hydrogen-bond acceptors (Lipinski definition) is 3. The molecule has 0 bridgehead atoms. The summed E-state index contributed by atoms with van der Waals surface area (Å²) in [5.41, 5.74) is 0. The second kappa shape index (κ2) is 7.24. The molecule has 1 aromatic rings. The van der Waals surface area contributed by atoms with Gasteiger partial charge in [0, 0.05) is 11.6 Å². The van der Waals surface area contributed by atoms with Crippen molar-refractivity contribution in [1.82, 2.24) is 5.32 Å². The van der Waals surface area contributed by atoms with Gasteiger partial charge in [-0.25, -0.2) is 0 Å². The lowest BCUT2D eigenvalue weighted by atomic mass is 10.2. The summed E-state index contributed by atoms with van der Waals surface area (Å²) in [6.07, 6.45) is -0.552. The van der Waals surface area contributed by atoms with E-state index >= 15 is 0 Å². The van der Waals surface area contributed by atoms with Gasteiger partial charge in [0.1, 0.15) is 5.75 Å². The molecule has 100 valence electrons. The molecule has 1 rings (SSSR count). The highest BCUT2D eigenvalue weighted by Gasteiger charge is 2.15. The SMILES string of the molecule is CCC(O)CNC(=O)C(C)Oc1cccc(Cl)c1. The number of amides is 1. The van der Waals surface area contributed by atoms with Crippen molar-refractivity contribution in [2.75, 3.05) is 6.54 Å². The predicted molar refractivity (Wildman–Crippen MR) is 70.8 cm³/mol. The Kier molecular flexibility index (Phi) is 5.95. The molecule has 0 aliphatic heterocycles. The van der Waals surface area contributed by atoms with Crippen LogP contribution < -0.4 is 10.1 Å². The maximum Gasteiger partial charge on any atom is 0.260 e. The largest absolute Gasteiger partial charge is 0.481 e. The summed E-state index contributed by atoms with van der Waals surface area (Å²) in [5, 5.41) is 12.5. The van der Waals surface area contributed by atoms with Crippen LogP contribution in [0.3, 0.4) is 0 Å². The molecule has 5 heteroatoms. The number of carbonyl (C=O) groups excluding carboxylic acids is 1. The first kappa shape index (κ1) is 14.8. The van der Waals surface area contributed by atoms with Gasteiger partial charge in [0.15, 0.2) is 6.10 Å². The van der Waals surface area contributed by atoms with Crippen LogP contribution in [0.2, 0.25) is 5.02 Å². The predicted octanol–water partition coefficient (Wildman–Crippen LogP) is 1.99. The molecular weight excluding hydrogens is 254 g/mol. The molecule has 1 amide bonds. The zero-order valence-electron chi connectivity index (χ0n) is 10.5. The van der Waals surface area contributed by atoms with Gasteiger partial charge in [0.2, 0.25) is 0 Å². The highest BCUT2D eigenvalue weighted by Crippen LogP contribution is 2.18. The van der Waals surface area contributed by atoms with Crippen molar-refractivity contribution in [1.29, 1.82) is 0 Å². The van der Waals surface area contributed by atoms with Crippen molar-refractivity contribution in [2.24, 2.45) is 0 Å². The van der Waals surface area contributed by atoms with E-state index in [9.17, 15) is 9.90 Å². The van der Waals surface area contributed by atoms with E-state index in [1.165, 1.54) is 0 Å². The number of benzene rings is 1. The number of aliphatic hydroxyl groups excluding tert-OH is 1. The van der Waals surface area contributed by atoms with Crippen molar-refractivity contribution in [3.8, 4) is 5.75 Å². The third kappa shape index (κ3) is 4.94. The molecule has 1 aromatic carbocycles. The molecule has 2 N–H and O–H groups in total. The third-order valence-corrected chi connectivity index (χ3v) is 2.70. The molecule has 0 aromatic heterocycles. The minimum absolute atomic E-state index is 0.235. The first-order valence-corrected chi connectivity index (χ1v) is 6.28. The molecule has 0 aliphatic rings. The quantitative estimate of drug-likeness (QED) is 0.832. The molecule has 2 atom stereocenters. The topological polar surface area (TPSA) is 58.6 Å². The van der Waals surface area contributed by atoms with Gasteiger partial charge < -0.3 is 15.2 Å². The van der Waals surface area contributed by atoms with Crippen LogP contribution in [0.5, 0.6) is 5.75 Å². The van der Waals surface area contributed by atoms with Gasteiger partial charge in [0.05, 0.1) is 6.10 Å². The monoisotopic (exact) mass is 271 g/mol. The Morgan fingerprint density at radius 2 is 2.28 bits per heavy atom. The third-order valence-electron chi connectivity index (χ3n) is 2.46. The molecule has 0 saturated heterocycles. The van der Waals surface area contributed by atoms with Crippen LogP contribution in [0, 0.1) is 0 Å². The molecular formula is C13H18ClNO3. The van der Waals surface area contributed by atoms with Gasteiger partial charge in [-0.05, 0) is 31.5 Å². The molecule has 0 spiro atoms.